The molecule has 200 valence electrons. The van der Waals surface area contributed by atoms with Gasteiger partial charge in [-0.15, -0.1) is 0 Å². The van der Waals surface area contributed by atoms with E-state index in [1.54, 1.807) is 0 Å². The molecular formula is C33H41N3O2. The number of aromatic amines is 1. The third kappa shape index (κ3) is 5.00. The van der Waals surface area contributed by atoms with E-state index < -0.39 is 6.04 Å². The molecule has 2 amide bonds. The van der Waals surface area contributed by atoms with Crippen molar-refractivity contribution >= 4 is 22.7 Å². The van der Waals surface area contributed by atoms with Crippen LogP contribution in [0.25, 0.3) is 10.9 Å². The number of aromatic nitrogens is 1. The molecule has 3 N–H and O–H groups in total. The van der Waals surface area contributed by atoms with Crippen molar-refractivity contribution in [2.75, 3.05) is 6.54 Å². The molecule has 4 bridgehead atoms. The molecule has 4 saturated carbocycles. The Morgan fingerprint density at radius 1 is 0.947 bits per heavy atom. The van der Waals surface area contributed by atoms with Gasteiger partial charge < -0.3 is 15.6 Å². The highest BCUT2D eigenvalue weighted by atomic mass is 16.2. The van der Waals surface area contributed by atoms with Crippen LogP contribution in [-0.2, 0) is 16.6 Å². The summed E-state index contributed by atoms with van der Waals surface area (Å²) in [5.41, 5.74) is 4.42. The van der Waals surface area contributed by atoms with Gasteiger partial charge in [0, 0.05) is 35.6 Å². The number of hydrogen-bond donors (Lipinski definition) is 3. The summed E-state index contributed by atoms with van der Waals surface area (Å²) < 4.78 is 0. The molecular weight excluding hydrogens is 470 g/mol. The first-order valence-electron chi connectivity index (χ1n) is 14.6. The van der Waals surface area contributed by atoms with Gasteiger partial charge in [-0.3, -0.25) is 9.59 Å². The number of benzene rings is 2. The molecule has 0 radical (unpaired) electrons. The minimum absolute atomic E-state index is 0.130. The molecule has 38 heavy (non-hydrogen) atoms. The van der Waals surface area contributed by atoms with Crippen LogP contribution < -0.4 is 10.6 Å². The average Bonchev–Trinajstić information content (AvgIpc) is 3.30. The zero-order valence-corrected chi connectivity index (χ0v) is 22.8. The Balaban J connectivity index is 1.18. The second-order valence-electron chi connectivity index (χ2n) is 12.8. The third-order valence-corrected chi connectivity index (χ3v) is 9.54. The fraction of sp³-hybridized carbons (Fsp3) is 0.515. The van der Waals surface area contributed by atoms with E-state index in [1.165, 1.54) is 44.1 Å². The maximum atomic E-state index is 13.4. The maximum absolute atomic E-state index is 13.4. The molecule has 0 unspecified atom stereocenters. The van der Waals surface area contributed by atoms with E-state index in [4.69, 9.17) is 0 Å². The Kier molecular flexibility index (Phi) is 6.79. The minimum Gasteiger partial charge on any atom is -0.361 e. The highest BCUT2D eigenvalue weighted by Crippen LogP contribution is 2.60. The summed E-state index contributed by atoms with van der Waals surface area (Å²) in [5, 5.41) is 7.20. The molecule has 5 nitrogen and oxygen atoms in total. The Hall–Kier alpha value is -3.08. The van der Waals surface area contributed by atoms with Crippen LogP contribution in [0.2, 0.25) is 0 Å². The van der Waals surface area contributed by atoms with Gasteiger partial charge in [-0.2, -0.15) is 0 Å². The summed E-state index contributed by atoms with van der Waals surface area (Å²) in [4.78, 5) is 29.9. The van der Waals surface area contributed by atoms with Gasteiger partial charge in [-0.05, 0) is 103 Å². The van der Waals surface area contributed by atoms with Crippen LogP contribution in [0.1, 0.15) is 80.3 Å². The van der Waals surface area contributed by atoms with Crippen molar-refractivity contribution < 1.29 is 9.59 Å². The first-order valence-corrected chi connectivity index (χ1v) is 14.6. The molecule has 3 aromatic rings. The Bertz CT molecular complexity index is 1270. The maximum Gasteiger partial charge on any atom is 0.251 e. The van der Waals surface area contributed by atoms with Crippen molar-refractivity contribution in [1.82, 2.24) is 15.6 Å². The summed E-state index contributed by atoms with van der Waals surface area (Å²) in [7, 11) is 0. The predicted molar refractivity (Wildman–Crippen MR) is 152 cm³/mol. The van der Waals surface area contributed by atoms with Crippen molar-refractivity contribution in [2.45, 2.75) is 76.7 Å². The summed E-state index contributed by atoms with van der Waals surface area (Å²) in [5.74, 6) is 2.86. The van der Waals surface area contributed by atoms with Gasteiger partial charge in [0.25, 0.3) is 5.91 Å². The second kappa shape index (κ2) is 10.2. The molecule has 0 spiro atoms. The van der Waals surface area contributed by atoms with Crippen LogP contribution in [0.3, 0.4) is 0 Å². The quantitative estimate of drug-likeness (QED) is 0.323. The molecule has 0 saturated heterocycles. The van der Waals surface area contributed by atoms with Gasteiger partial charge in [0.1, 0.15) is 6.04 Å². The van der Waals surface area contributed by atoms with Gasteiger partial charge in [0.15, 0.2) is 0 Å². The van der Waals surface area contributed by atoms with E-state index in [0.717, 1.165) is 40.6 Å². The Morgan fingerprint density at radius 3 is 2.26 bits per heavy atom. The Labute approximate surface area is 226 Å². The van der Waals surface area contributed by atoms with Crippen molar-refractivity contribution in [2.24, 2.45) is 23.7 Å². The largest absolute Gasteiger partial charge is 0.361 e. The number of hydrogen-bond acceptors (Lipinski definition) is 2. The topological polar surface area (TPSA) is 74.0 Å². The zero-order chi connectivity index (χ0) is 26.3. The molecule has 1 heterocycles. The number of fused-ring (bicyclic) bond motifs is 1. The lowest BCUT2D eigenvalue weighted by atomic mass is 9.48. The number of amides is 2. The molecule has 4 aliphatic rings. The van der Waals surface area contributed by atoms with Gasteiger partial charge in [0.05, 0.1) is 0 Å². The van der Waals surface area contributed by atoms with Crippen LogP contribution in [0, 0.1) is 23.7 Å². The van der Waals surface area contributed by atoms with Crippen molar-refractivity contribution in [1.29, 1.82) is 0 Å². The molecule has 5 heteroatoms. The number of carbonyl (C=O) groups is 2. The lowest BCUT2D eigenvalue weighted by Crippen LogP contribution is -2.49. The highest BCUT2D eigenvalue weighted by molar-refractivity contribution is 5.98. The van der Waals surface area contributed by atoms with Crippen LogP contribution in [0.5, 0.6) is 0 Å². The standard InChI is InChI=1S/C33H41N3O2/c1-21(2)11-12-34-32(38)30(16-26-20-35-29-6-4-3-5-28(26)29)36-31(37)25-7-9-27(10-8-25)33-17-22-13-23(18-33)15-24(14-22)19-33/h3-10,20-24,30,35H,11-19H2,1-2H3,(H,34,38)(H,36,37)/t22?,23?,24?,30-,33?/m0/s1. The van der Waals surface area contributed by atoms with Gasteiger partial charge in [-0.1, -0.05) is 44.2 Å². The first kappa shape index (κ1) is 25.2. The normalized spacial score (nSPS) is 26.6. The number of rotatable bonds is 9. The second-order valence-corrected chi connectivity index (χ2v) is 12.8. The van der Waals surface area contributed by atoms with E-state index >= 15 is 0 Å². The van der Waals surface area contributed by atoms with Gasteiger partial charge in [-0.25, -0.2) is 0 Å². The molecule has 4 fully saturated rings. The fourth-order valence-electron chi connectivity index (χ4n) is 8.02. The van der Waals surface area contributed by atoms with Crippen LogP contribution in [0.4, 0.5) is 0 Å². The molecule has 7 rings (SSSR count). The molecule has 1 aromatic heterocycles. The molecule has 4 aliphatic carbocycles. The van der Waals surface area contributed by atoms with E-state index in [9.17, 15) is 9.59 Å². The molecule has 1 atom stereocenters. The van der Waals surface area contributed by atoms with Gasteiger partial charge >= 0.3 is 0 Å². The smallest absolute Gasteiger partial charge is 0.251 e. The number of para-hydroxylation sites is 1. The van der Waals surface area contributed by atoms with E-state index in [-0.39, 0.29) is 11.8 Å². The SMILES string of the molecule is CC(C)CCNC(=O)[C@H](Cc1c[nH]c2ccccc12)NC(=O)c1ccc(C23CC4CC(CC(C4)C2)C3)cc1. The average molecular weight is 512 g/mol. The van der Waals surface area contributed by atoms with Crippen LogP contribution >= 0.6 is 0 Å². The monoisotopic (exact) mass is 511 g/mol. The third-order valence-electron chi connectivity index (χ3n) is 9.54. The number of nitrogens with one attached hydrogen (secondary N) is 3. The zero-order valence-electron chi connectivity index (χ0n) is 22.8. The lowest BCUT2D eigenvalue weighted by molar-refractivity contribution is -0.123. The fourth-order valence-corrected chi connectivity index (χ4v) is 8.02. The Morgan fingerprint density at radius 2 is 1.61 bits per heavy atom. The van der Waals surface area contributed by atoms with Crippen molar-refractivity contribution in [3.63, 3.8) is 0 Å². The van der Waals surface area contributed by atoms with Crippen LogP contribution in [-0.4, -0.2) is 29.4 Å². The number of carbonyl (C=O) groups excluding carboxylic acids is 2. The van der Waals surface area contributed by atoms with E-state index in [1.807, 2.05) is 36.5 Å². The molecule has 0 aliphatic heterocycles. The summed E-state index contributed by atoms with van der Waals surface area (Å²) >= 11 is 0. The summed E-state index contributed by atoms with van der Waals surface area (Å²) in [6, 6.07) is 15.8. The van der Waals surface area contributed by atoms with E-state index in [2.05, 4.69) is 47.7 Å². The van der Waals surface area contributed by atoms with Crippen molar-refractivity contribution in [3.05, 3.63) is 71.4 Å². The van der Waals surface area contributed by atoms with Gasteiger partial charge in [0.2, 0.25) is 5.91 Å². The number of H-pyrrole nitrogens is 1. The minimum atomic E-state index is -0.642. The van der Waals surface area contributed by atoms with Crippen LogP contribution in [0.15, 0.2) is 54.7 Å². The predicted octanol–water partition coefficient (Wildman–Crippen LogP) is 6.14. The van der Waals surface area contributed by atoms with E-state index in [0.29, 0.717) is 29.9 Å². The van der Waals surface area contributed by atoms with Crippen molar-refractivity contribution in [3.8, 4) is 0 Å². The summed E-state index contributed by atoms with van der Waals surface area (Å²) in [6.45, 7) is 4.89. The highest BCUT2D eigenvalue weighted by Gasteiger charge is 2.51. The summed E-state index contributed by atoms with van der Waals surface area (Å²) in [6.07, 6.45) is 11.5. The first-order chi connectivity index (χ1) is 18.4. The molecule has 2 aromatic carbocycles. The lowest BCUT2D eigenvalue weighted by Gasteiger charge is -2.57.